The first-order valence-corrected chi connectivity index (χ1v) is 8.91. The van der Waals surface area contributed by atoms with Crippen LogP contribution in [0.4, 0.5) is 5.95 Å². The Kier molecular flexibility index (Phi) is 5.16. The highest BCUT2D eigenvalue weighted by Crippen LogP contribution is 2.36. The number of anilines is 1. The van der Waals surface area contributed by atoms with Crippen LogP contribution in [-0.4, -0.2) is 55.3 Å². The summed E-state index contributed by atoms with van der Waals surface area (Å²) in [7, 11) is 0. The standard InChI is InChI=1S/C14H13Cl2N5O3S/c1-6(22)17-14-18-11(15)10(12(16)19-14)13(20-24)21-3-2-8-7(5-21)4-9(23)25-8/h4,8,24H,2-3,5H2,1H3,(H,17,18,19,22)/b20-13+. The van der Waals surface area contributed by atoms with E-state index >= 15 is 0 Å². The maximum absolute atomic E-state index is 11.6. The van der Waals surface area contributed by atoms with Gasteiger partial charge in [0.25, 0.3) is 0 Å². The van der Waals surface area contributed by atoms with Crippen molar-refractivity contribution < 1.29 is 14.8 Å². The molecule has 11 heteroatoms. The Labute approximate surface area is 157 Å². The number of hydrogen-bond acceptors (Lipinski definition) is 7. The molecule has 1 fully saturated rings. The van der Waals surface area contributed by atoms with Gasteiger partial charge in [0.05, 0.1) is 5.56 Å². The lowest BCUT2D eigenvalue weighted by atomic mass is 10.0. The first kappa shape index (κ1) is 18.0. The summed E-state index contributed by atoms with van der Waals surface area (Å²) in [6, 6.07) is 0. The molecular formula is C14H13Cl2N5O3S. The topological polar surface area (TPSA) is 108 Å². The van der Waals surface area contributed by atoms with Crippen LogP contribution in [0.1, 0.15) is 18.9 Å². The zero-order valence-electron chi connectivity index (χ0n) is 13.0. The Morgan fingerprint density at radius 3 is 2.72 bits per heavy atom. The number of fused-ring (bicyclic) bond motifs is 1. The Bertz CT molecular complexity index is 791. The molecule has 132 valence electrons. The molecule has 8 nitrogen and oxygen atoms in total. The predicted molar refractivity (Wildman–Crippen MR) is 95.3 cm³/mol. The molecule has 1 saturated heterocycles. The number of likely N-dealkylation sites (tertiary alicyclic amines) is 1. The van der Waals surface area contributed by atoms with Crippen molar-refractivity contribution in [2.45, 2.75) is 18.6 Å². The number of nitrogens with one attached hydrogen (secondary N) is 1. The highest BCUT2D eigenvalue weighted by Gasteiger charge is 2.34. The SMILES string of the molecule is CC(=O)Nc1nc(Cl)c(/C(=N\O)N2CCC3SC(=O)C=C3C2)c(Cl)n1. The maximum atomic E-state index is 11.6. The Morgan fingerprint density at radius 2 is 2.12 bits per heavy atom. The van der Waals surface area contributed by atoms with Gasteiger partial charge in [-0.25, -0.2) is 0 Å². The molecule has 0 spiro atoms. The molecule has 2 N–H and O–H groups in total. The summed E-state index contributed by atoms with van der Waals surface area (Å²) < 4.78 is 0. The molecule has 0 radical (unpaired) electrons. The third-order valence-corrected chi connectivity index (χ3v) is 5.46. The van der Waals surface area contributed by atoms with Gasteiger partial charge < -0.3 is 10.1 Å². The molecule has 1 atom stereocenters. The molecular weight excluding hydrogens is 389 g/mol. The number of amides is 1. The normalized spacial score (nSPS) is 20.4. The second-order valence-corrected chi connectivity index (χ2v) is 7.39. The van der Waals surface area contributed by atoms with Crippen LogP contribution in [0.2, 0.25) is 10.3 Å². The van der Waals surface area contributed by atoms with Crippen LogP contribution in [0.5, 0.6) is 0 Å². The number of carbonyl (C=O) groups is 2. The largest absolute Gasteiger partial charge is 0.409 e. The molecule has 2 aliphatic rings. The summed E-state index contributed by atoms with van der Waals surface area (Å²) in [5, 5.41) is 15.3. The first-order valence-electron chi connectivity index (χ1n) is 7.28. The first-order chi connectivity index (χ1) is 11.9. The number of rotatable bonds is 2. The van der Waals surface area contributed by atoms with Gasteiger partial charge in [0.1, 0.15) is 10.3 Å². The van der Waals surface area contributed by atoms with Gasteiger partial charge in [-0.2, -0.15) is 9.97 Å². The molecule has 3 heterocycles. The van der Waals surface area contributed by atoms with Crippen LogP contribution in [-0.2, 0) is 9.59 Å². The lowest BCUT2D eigenvalue weighted by Crippen LogP contribution is -2.41. The molecule has 1 unspecified atom stereocenters. The van der Waals surface area contributed by atoms with Crippen molar-refractivity contribution in [3.05, 3.63) is 27.5 Å². The Hall–Kier alpha value is -1.84. The number of aromatic nitrogens is 2. The quantitative estimate of drug-likeness (QED) is 0.257. The van der Waals surface area contributed by atoms with Gasteiger partial charge in [-0.05, 0) is 18.1 Å². The molecule has 1 amide bonds. The number of amidine groups is 1. The van der Waals surface area contributed by atoms with Gasteiger partial charge in [-0.3, -0.25) is 14.9 Å². The van der Waals surface area contributed by atoms with Gasteiger partial charge in [0.2, 0.25) is 17.0 Å². The van der Waals surface area contributed by atoms with Gasteiger partial charge >= 0.3 is 0 Å². The summed E-state index contributed by atoms with van der Waals surface area (Å²) in [4.78, 5) is 32.3. The number of carbonyl (C=O) groups excluding carboxylic acids is 2. The average molecular weight is 402 g/mol. The summed E-state index contributed by atoms with van der Waals surface area (Å²) in [5.41, 5.74) is 1.13. The van der Waals surface area contributed by atoms with E-state index in [2.05, 4.69) is 20.4 Å². The molecule has 0 aliphatic carbocycles. The number of hydrogen-bond donors (Lipinski definition) is 2. The van der Waals surface area contributed by atoms with Crippen molar-refractivity contribution in [2.24, 2.45) is 5.16 Å². The number of halogens is 2. The average Bonchev–Trinajstić information content (AvgIpc) is 2.89. The fourth-order valence-corrected chi connectivity index (χ4v) is 4.29. The molecule has 1 aromatic rings. The number of oxime groups is 1. The molecule has 0 saturated carbocycles. The Morgan fingerprint density at radius 1 is 1.44 bits per heavy atom. The lowest BCUT2D eigenvalue weighted by Gasteiger charge is -2.33. The van der Waals surface area contributed by atoms with E-state index in [-0.39, 0.29) is 43.9 Å². The van der Waals surface area contributed by atoms with Crippen LogP contribution >= 0.6 is 35.0 Å². The predicted octanol–water partition coefficient (Wildman–Crippen LogP) is 2.15. The van der Waals surface area contributed by atoms with Crippen LogP contribution in [0.15, 0.2) is 16.8 Å². The second kappa shape index (κ2) is 7.19. The van der Waals surface area contributed by atoms with Crippen LogP contribution in [0.3, 0.4) is 0 Å². The minimum Gasteiger partial charge on any atom is -0.409 e. The van der Waals surface area contributed by atoms with Crippen molar-refractivity contribution in [3.63, 3.8) is 0 Å². The molecule has 0 aromatic carbocycles. The van der Waals surface area contributed by atoms with Crippen LogP contribution < -0.4 is 5.32 Å². The summed E-state index contributed by atoms with van der Waals surface area (Å²) in [6.45, 7) is 2.28. The van der Waals surface area contributed by atoms with E-state index in [9.17, 15) is 14.8 Å². The second-order valence-electron chi connectivity index (χ2n) is 5.46. The fraction of sp³-hybridized carbons (Fsp3) is 0.357. The third-order valence-electron chi connectivity index (χ3n) is 3.74. The summed E-state index contributed by atoms with van der Waals surface area (Å²) >= 11 is 13.6. The van der Waals surface area contributed by atoms with Gasteiger partial charge in [-0.15, -0.1) is 0 Å². The summed E-state index contributed by atoms with van der Waals surface area (Å²) in [5.74, 6) is -0.288. The maximum Gasteiger partial charge on any atom is 0.232 e. The molecule has 1 aromatic heterocycles. The Balaban J connectivity index is 1.90. The highest BCUT2D eigenvalue weighted by atomic mass is 35.5. The molecule has 0 bridgehead atoms. The number of thioether (sulfide) groups is 1. The van der Waals surface area contributed by atoms with Gasteiger partial charge in [0.15, 0.2) is 5.84 Å². The van der Waals surface area contributed by atoms with Crippen molar-refractivity contribution >= 4 is 57.8 Å². The lowest BCUT2D eigenvalue weighted by molar-refractivity contribution is -0.114. The highest BCUT2D eigenvalue weighted by molar-refractivity contribution is 8.15. The van der Waals surface area contributed by atoms with Crippen LogP contribution in [0.25, 0.3) is 0 Å². The van der Waals surface area contributed by atoms with E-state index < -0.39 is 0 Å². The fourth-order valence-electron chi connectivity index (χ4n) is 2.72. The van der Waals surface area contributed by atoms with Crippen molar-refractivity contribution in [1.29, 1.82) is 0 Å². The van der Waals surface area contributed by atoms with E-state index in [1.807, 2.05) is 0 Å². The minimum absolute atomic E-state index is 0.0309. The summed E-state index contributed by atoms with van der Waals surface area (Å²) in [6.07, 6.45) is 2.33. The number of nitrogens with zero attached hydrogens (tertiary/aromatic N) is 4. The monoisotopic (exact) mass is 401 g/mol. The van der Waals surface area contributed by atoms with Gasteiger partial charge in [-0.1, -0.05) is 40.1 Å². The molecule has 2 aliphatic heterocycles. The molecule has 25 heavy (non-hydrogen) atoms. The minimum atomic E-state index is -0.367. The van der Waals surface area contributed by atoms with E-state index in [1.54, 1.807) is 11.0 Å². The smallest absolute Gasteiger partial charge is 0.232 e. The zero-order chi connectivity index (χ0) is 18.1. The van der Waals surface area contributed by atoms with E-state index in [4.69, 9.17) is 23.2 Å². The van der Waals surface area contributed by atoms with E-state index in [0.717, 1.165) is 12.0 Å². The van der Waals surface area contributed by atoms with Crippen molar-refractivity contribution in [3.8, 4) is 0 Å². The molecule has 3 rings (SSSR count). The number of piperidine rings is 1. The third kappa shape index (κ3) is 3.73. The van der Waals surface area contributed by atoms with Crippen LogP contribution in [0, 0.1) is 0 Å². The van der Waals surface area contributed by atoms with E-state index in [1.165, 1.54) is 18.7 Å². The van der Waals surface area contributed by atoms with Gasteiger partial charge in [0, 0.05) is 25.3 Å². The van der Waals surface area contributed by atoms with E-state index in [0.29, 0.717) is 13.1 Å². The van der Waals surface area contributed by atoms with Crippen molar-refractivity contribution in [1.82, 2.24) is 14.9 Å². The van der Waals surface area contributed by atoms with Crippen molar-refractivity contribution in [2.75, 3.05) is 18.4 Å². The zero-order valence-corrected chi connectivity index (χ0v) is 15.3.